The lowest BCUT2D eigenvalue weighted by Crippen LogP contribution is -2.44. The lowest BCUT2D eigenvalue weighted by Gasteiger charge is -2.25. The predicted molar refractivity (Wildman–Crippen MR) is 99.2 cm³/mol. The fourth-order valence-corrected chi connectivity index (χ4v) is 3.66. The van der Waals surface area contributed by atoms with E-state index >= 15 is 0 Å². The molecule has 0 bridgehead atoms. The van der Waals surface area contributed by atoms with Crippen molar-refractivity contribution in [2.24, 2.45) is 0 Å². The number of halogens is 1. The maximum atomic E-state index is 13.6. The quantitative estimate of drug-likeness (QED) is 0.856. The number of carbonyl (C=O) groups excluding carboxylic acids is 2. The molecule has 0 aliphatic carbocycles. The van der Waals surface area contributed by atoms with Crippen LogP contribution in [-0.4, -0.2) is 29.9 Å². The molecule has 6 heteroatoms. The third-order valence-corrected chi connectivity index (χ3v) is 4.94. The molecule has 4 rings (SSSR count). The van der Waals surface area contributed by atoms with Crippen LogP contribution in [0.5, 0.6) is 0 Å². The number of urea groups is 1. The Bertz CT molecular complexity index is 911. The van der Waals surface area contributed by atoms with Crippen LogP contribution in [0.3, 0.4) is 0 Å². The van der Waals surface area contributed by atoms with Crippen molar-refractivity contribution in [3.8, 4) is 0 Å². The highest BCUT2D eigenvalue weighted by atomic mass is 19.1. The summed E-state index contributed by atoms with van der Waals surface area (Å²) >= 11 is 0. The van der Waals surface area contributed by atoms with Crippen LogP contribution in [0.2, 0.25) is 0 Å². The summed E-state index contributed by atoms with van der Waals surface area (Å²) in [7, 11) is 0. The maximum Gasteiger partial charge on any atom is 0.319 e. The molecule has 27 heavy (non-hydrogen) atoms. The number of hydrogen-bond acceptors (Lipinski definition) is 2. The summed E-state index contributed by atoms with van der Waals surface area (Å²) in [6.07, 6.45) is 1.72. The summed E-state index contributed by atoms with van der Waals surface area (Å²) in [5, 5.41) is 5.48. The van der Waals surface area contributed by atoms with Crippen molar-refractivity contribution in [1.29, 1.82) is 0 Å². The van der Waals surface area contributed by atoms with Gasteiger partial charge >= 0.3 is 6.03 Å². The zero-order valence-corrected chi connectivity index (χ0v) is 14.7. The molecular weight excluding hydrogens is 345 g/mol. The van der Waals surface area contributed by atoms with Gasteiger partial charge in [0.05, 0.1) is 23.9 Å². The first-order valence-electron chi connectivity index (χ1n) is 9.01. The van der Waals surface area contributed by atoms with Crippen LogP contribution in [0, 0.1) is 5.82 Å². The molecule has 2 heterocycles. The van der Waals surface area contributed by atoms with Gasteiger partial charge in [0.15, 0.2) is 0 Å². The Morgan fingerprint density at radius 2 is 1.89 bits per heavy atom. The monoisotopic (exact) mass is 365 g/mol. The van der Waals surface area contributed by atoms with E-state index in [1.165, 1.54) is 17.7 Å². The Morgan fingerprint density at radius 3 is 2.67 bits per heavy atom. The average Bonchev–Trinajstić information content (AvgIpc) is 2.97. The van der Waals surface area contributed by atoms with E-state index in [0.29, 0.717) is 29.9 Å². The van der Waals surface area contributed by atoms with Gasteiger partial charge in [-0.2, -0.15) is 0 Å². The van der Waals surface area contributed by atoms with Crippen LogP contribution in [-0.2, 0) is 11.2 Å². The molecule has 0 fully saturated rings. The fourth-order valence-electron chi connectivity index (χ4n) is 3.66. The Hall–Kier alpha value is -3.15. The van der Waals surface area contributed by atoms with Crippen molar-refractivity contribution in [2.75, 3.05) is 13.1 Å². The average molecular weight is 365 g/mol. The predicted octanol–water partition coefficient (Wildman–Crippen LogP) is 2.91. The molecule has 1 atom stereocenters. The maximum absolute atomic E-state index is 13.6. The second kappa shape index (κ2) is 7.23. The van der Waals surface area contributed by atoms with Gasteiger partial charge in [0.25, 0.3) is 5.91 Å². The molecule has 0 unspecified atom stereocenters. The minimum atomic E-state index is -0.629. The van der Waals surface area contributed by atoms with Gasteiger partial charge in [0.1, 0.15) is 5.82 Å². The molecule has 0 spiro atoms. The number of hydrogen-bond donors (Lipinski definition) is 2. The number of carbonyl (C=O) groups is 2. The minimum Gasteiger partial charge on any atom is -0.333 e. The number of nitrogens with zero attached hydrogens (tertiary/aromatic N) is 1. The molecule has 0 radical (unpaired) electrons. The second-order valence-electron chi connectivity index (χ2n) is 6.79. The molecular formula is C21H20FN3O2. The highest BCUT2D eigenvalue weighted by molar-refractivity contribution is 6.01. The zero-order valence-electron chi connectivity index (χ0n) is 14.7. The normalized spacial score (nSPS) is 19.0. The van der Waals surface area contributed by atoms with E-state index in [0.717, 1.165) is 12.8 Å². The molecule has 0 aromatic heterocycles. The molecule has 138 valence electrons. The molecule has 2 aliphatic heterocycles. The van der Waals surface area contributed by atoms with Crippen LogP contribution >= 0.6 is 0 Å². The summed E-state index contributed by atoms with van der Waals surface area (Å²) in [6, 6.07) is 15.1. The van der Waals surface area contributed by atoms with Crippen LogP contribution in [0.4, 0.5) is 9.18 Å². The van der Waals surface area contributed by atoms with E-state index in [4.69, 9.17) is 0 Å². The van der Waals surface area contributed by atoms with Crippen molar-refractivity contribution in [3.05, 3.63) is 82.8 Å². The van der Waals surface area contributed by atoms with Crippen molar-refractivity contribution in [1.82, 2.24) is 15.5 Å². The number of benzene rings is 2. The highest BCUT2D eigenvalue weighted by Crippen LogP contribution is 2.32. The first-order valence-corrected chi connectivity index (χ1v) is 9.01. The summed E-state index contributed by atoms with van der Waals surface area (Å²) in [5.41, 5.74) is 2.91. The summed E-state index contributed by atoms with van der Waals surface area (Å²) in [6.45, 7) is 0.981. The Balaban J connectivity index is 1.48. The Kier molecular flexibility index (Phi) is 4.62. The van der Waals surface area contributed by atoms with Gasteiger partial charge in [-0.3, -0.25) is 4.79 Å². The van der Waals surface area contributed by atoms with Crippen LogP contribution < -0.4 is 10.6 Å². The van der Waals surface area contributed by atoms with Gasteiger partial charge in [-0.25, -0.2) is 9.18 Å². The first-order chi connectivity index (χ1) is 13.1. The molecule has 2 N–H and O–H groups in total. The Labute approximate surface area is 156 Å². The smallest absolute Gasteiger partial charge is 0.319 e. The van der Waals surface area contributed by atoms with E-state index in [1.807, 2.05) is 18.2 Å². The zero-order chi connectivity index (χ0) is 18.8. The first kappa shape index (κ1) is 17.3. The van der Waals surface area contributed by atoms with E-state index in [1.54, 1.807) is 17.0 Å². The third kappa shape index (κ3) is 3.56. The summed E-state index contributed by atoms with van der Waals surface area (Å²) < 4.78 is 13.6. The van der Waals surface area contributed by atoms with Gasteiger partial charge in [0.2, 0.25) is 0 Å². The minimum absolute atomic E-state index is 0.111. The molecule has 0 saturated heterocycles. The number of amides is 3. The molecule has 2 aromatic rings. The van der Waals surface area contributed by atoms with Crippen LogP contribution in [0.15, 0.2) is 65.9 Å². The third-order valence-electron chi connectivity index (χ3n) is 4.94. The number of aryl methyl sites for hydroxylation is 1. The van der Waals surface area contributed by atoms with Gasteiger partial charge in [-0.1, -0.05) is 42.5 Å². The second-order valence-corrected chi connectivity index (χ2v) is 6.79. The van der Waals surface area contributed by atoms with Gasteiger partial charge in [-0.15, -0.1) is 0 Å². The molecule has 3 amide bonds. The van der Waals surface area contributed by atoms with Gasteiger partial charge in [0, 0.05) is 6.54 Å². The summed E-state index contributed by atoms with van der Waals surface area (Å²) in [5.74, 6) is -0.507. The van der Waals surface area contributed by atoms with E-state index < -0.39 is 11.9 Å². The van der Waals surface area contributed by atoms with Crippen molar-refractivity contribution < 1.29 is 14.0 Å². The van der Waals surface area contributed by atoms with Crippen molar-refractivity contribution in [3.63, 3.8) is 0 Å². The number of rotatable bonds is 5. The molecule has 2 aliphatic rings. The SMILES string of the molecule is O=C1NC2=C(C(=O)N(CCCc3ccccc3)C2)[C@@H](c2cccc(F)c2)N1. The standard InChI is InChI=1S/C21H20FN3O2/c22-16-10-4-9-15(12-16)19-18-17(23-21(27)24-19)13-25(20(18)26)11-5-8-14-6-2-1-3-7-14/h1-4,6-7,9-10,12,19H,5,8,11,13H2,(H2,23,24,27)/t19-/m1/s1. The van der Waals surface area contributed by atoms with E-state index in [9.17, 15) is 14.0 Å². The fraction of sp³-hybridized carbons (Fsp3) is 0.238. The van der Waals surface area contributed by atoms with Gasteiger partial charge < -0.3 is 15.5 Å². The van der Waals surface area contributed by atoms with E-state index in [-0.39, 0.29) is 11.9 Å². The summed E-state index contributed by atoms with van der Waals surface area (Å²) in [4.78, 5) is 26.7. The molecule has 5 nitrogen and oxygen atoms in total. The molecule has 2 aromatic carbocycles. The van der Waals surface area contributed by atoms with E-state index in [2.05, 4.69) is 22.8 Å². The number of nitrogens with one attached hydrogen (secondary N) is 2. The van der Waals surface area contributed by atoms with Crippen LogP contribution in [0.1, 0.15) is 23.6 Å². The van der Waals surface area contributed by atoms with Crippen molar-refractivity contribution >= 4 is 11.9 Å². The highest BCUT2D eigenvalue weighted by Gasteiger charge is 2.40. The Morgan fingerprint density at radius 1 is 1.07 bits per heavy atom. The van der Waals surface area contributed by atoms with Gasteiger partial charge in [-0.05, 0) is 36.1 Å². The van der Waals surface area contributed by atoms with Crippen LogP contribution in [0.25, 0.3) is 0 Å². The largest absolute Gasteiger partial charge is 0.333 e. The topological polar surface area (TPSA) is 61.4 Å². The molecule has 0 saturated carbocycles. The lowest BCUT2D eigenvalue weighted by atomic mass is 9.96. The lowest BCUT2D eigenvalue weighted by molar-refractivity contribution is -0.125. The van der Waals surface area contributed by atoms with Crippen molar-refractivity contribution in [2.45, 2.75) is 18.9 Å².